The van der Waals surface area contributed by atoms with Crippen molar-refractivity contribution < 1.29 is 18.7 Å². The molecule has 0 spiro atoms. The molecule has 0 aliphatic carbocycles. The number of ether oxygens (including phenoxy) is 2. The highest BCUT2D eigenvalue weighted by Crippen LogP contribution is 2.42. The third-order valence-corrected chi connectivity index (χ3v) is 6.46. The second-order valence-corrected chi connectivity index (χ2v) is 8.84. The van der Waals surface area contributed by atoms with Gasteiger partial charge in [-0.1, -0.05) is 53.2 Å². The Bertz CT molecular complexity index is 1200. The van der Waals surface area contributed by atoms with E-state index in [1.54, 1.807) is 61.7 Å². The van der Waals surface area contributed by atoms with Gasteiger partial charge in [0.15, 0.2) is 4.32 Å². The molecule has 1 aromatic heterocycles. The number of thiocarbonyl (C=S) groups is 1. The lowest BCUT2D eigenvalue weighted by Gasteiger charge is -2.18. The van der Waals surface area contributed by atoms with Crippen LogP contribution in [0.3, 0.4) is 0 Å². The van der Waals surface area contributed by atoms with E-state index in [1.165, 1.54) is 23.8 Å². The molecule has 1 fully saturated rings. The standard InChI is InChI=1S/C22H15Cl2NO4S2/c1-27-12-6-8-16(18(10-12)28-2)25-21(26)19(31-22(25)30)11-13-7-9-17(29-13)20-14(23)4-3-5-15(20)24/h3-11H,1-2H3. The molecule has 3 aromatic rings. The number of rotatable bonds is 5. The van der Waals surface area contributed by atoms with Gasteiger partial charge in [-0.05, 0) is 36.4 Å². The van der Waals surface area contributed by atoms with Gasteiger partial charge in [0.2, 0.25) is 0 Å². The molecule has 0 atom stereocenters. The number of thioether (sulfide) groups is 1. The van der Waals surface area contributed by atoms with E-state index in [2.05, 4.69) is 0 Å². The fourth-order valence-corrected chi connectivity index (χ4v) is 4.92. The molecule has 4 rings (SSSR count). The number of methoxy groups -OCH3 is 2. The second-order valence-electron chi connectivity index (χ2n) is 6.35. The largest absolute Gasteiger partial charge is 0.497 e. The highest BCUT2D eigenvalue weighted by Gasteiger charge is 2.35. The van der Waals surface area contributed by atoms with Gasteiger partial charge in [0.1, 0.15) is 23.0 Å². The molecule has 0 N–H and O–H groups in total. The van der Waals surface area contributed by atoms with Crippen molar-refractivity contribution in [3.63, 3.8) is 0 Å². The fourth-order valence-electron chi connectivity index (χ4n) is 3.07. The van der Waals surface area contributed by atoms with Crippen molar-refractivity contribution in [3.05, 3.63) is 69.2 Å². The summed E-state index contributed by atoms with van der Waals surface area (Å²) in [5.74, 6) is 1.81. The molecular weight excluding hydrogens is 477 g/mol. The van der Waals surface area contributed by atoms with Crippen molar-refractivity contribution in [3.8, 4) is 22.8 Å². The maximum atomic E-state index is 13.1. The normalized spacial score (nSPS) is 15.1. The molecule has 1 amide bonds. The lowest BCUT2D eigenvalue weighted by Crippen LogP contribution is -2.27. The molecular formula is C22H15Cl2NO4S2. The summed E-state index contributed by atoms with van der Waals surface area (Å²) in [5.41, 5.74) is 1.14. The Kier molecular flexibility index (Phi) is 6.29. The Morgan fingerprint density at radius 1 is 1.06 bits per heavy atom. The van der Waals surface area contributed by atoms with E-state index in [9.17, 15) is 4.79 Å². The first kappa shape index (κ1) is 21.8. The Hall–Kier alpha value is -2.45. The number of halogens is 2. The summed E-state index contributed by atoms with van der Waals surface area (Å²) in [6.07, 6.45) is 1.64. The van der Waals surface area contributed by atoms with Gasteiger partial charge in [0.05, 0.1) is 40.4 Å². The lowest BCUT2D eigenvalue weighted by molar-refractivity contribution is -0.113. The monoisotopic (exact) mass is 491 g/mol. The third-order valence-electron chi connectivity index (χ3n) is 4.53. The first-order valence-electron chi connectivity index (χ1n) is 8.97. The number of amides is 1. The van der Waals surface area contributed by atoms with Gasteiger partial charge in [-0.3, -0.25) is 9.69 Å². The average Bonchev–Trinajstić information content (AvgIpc) is 3.31. The van der Waals surface area contributed by atoms with E-state index in [0.29, 0.717) is 53.5 Å². The van der Waals surface area contributed by atoms with E-state index in [0.717, 1.165) is 0 Å². The molecule has 0 saturated carbocycles. The number of hydrogen-bond donors (Lipinski definition) is 0. The zero-order valence-electron chi connectivity index (χ0n) is 16.3. The summed E-state index contributed by atoms with van der Waals surface area (Å²) in [4.78, 5) is 15.0. The van der Waals surface area contributed by atoms with Gasteiger partial charge in [-0.25, -0.2) is 0 Å². The minimum absolute atomic E-state index is 0.271. The minimum atomic E-state index is -0.271. The van der Waals surface area contributed by atoms with Crippen LogP contribution < -0.4 is 14.4 Å². The lowest BCUT2D eigenvalue weighted by atomic mass is 10.2. The summed E-state index contributed by atoms with van der Waals surface area (Å²) >= 11 is 19.2. The molecule has 2 aromatic carbocycles. The van der Waals surface area contributed by atoms with Crippen molar-refractivity contribution in [2.45, 2.75) is 0 Å². The average molecular weight is 492 g/mol. The van der Waals surface area contributed by atoms with E-state index in [4.69, 9.17) is 49.3 Å². The number of furan rings is 1. The van der Waals surface area contributed by atoms with E-state index < -0.39 is 0 Å². The van der Waals surface area contributed by atoms with Crippen LogP contribution in [0.2, 0.25) is 10.0 Å². The van der Waals surface area contributed by atoms with Crippen LogP contribution in [-0.4, -0.2) is 24.4 Å². The van der Waals surface area contributed by atoms with Gasteiger partial charge >= 0.3 is 0 Å². The maximum absolute atomic E-state index is 13.1. The molecule has 0 unspecified atom stereocenters. The fraction of sp³-hybridized carbons (Fsp3) is 0.0909. The summed E-state index contributed by atoms with van der Waals surface area (Å²) < 4.78 is 16.9. The first-order chi connectivity index (χ1) is 14.9. The molecule has 1 aliphatic heterocycles. The van der Waals surface area contributed by atoms with E-state index in [-0.39, 0.29) is 5.91 Å². The third kappa shape index (κ3) is 4.19. The summed E-state index contributed by atoms with van der Waals surface area (Å²) in [6, 6.07) is 13.9. The number of hydrogen-bond acceptors (Lipinski definition) is 6. The second kappa shape index (κ2) is 8.96. The number of carbonyl (C=O) groups is 1. The molecule has 0 bridgehead atoms. The van der Waals surface area contributed by atoms with Crippen LogP contribution >= 0.6 is 47.2 Å². The van der Waals surface area contributed by atoms with Crippen LogP contribution in [-0.2, 0) is 4.79 Å². The summed E-state index contributed by atoms with van der Waals surface area (Å²) in [5, 5.41) is 0.956. The summed E-state index contributed by atoms with van der Waals surface area (Å²) in [6.45, 7) is 0. The van der Waals surface area contributed by atoms with Crippen LogP contribution in [0.1, 0.15) is 5.76 Å². The number of nitrogens with zero attached hydrogens (tertiary/aromatic N) is 1. The molecule has 0 radical (unpaired) electrons. The zero-order valence-corrected chi connectivity index (χ0v) is 19.5. The Labute approximate surface area is 198 Å². The SMILES string of the molecule is COc1ccc(N2C(=O)C(=Cc3ccc(-c4c(Cl)cccc4Cl)o3)SC2=S)c(OC)c1. The molecule has 158 valence electrons. The number of benzene rings is 2. The smallest absolute Gasteiger partial charge is 0.271 e. The molecule has 1 saturated heterocycles. The van der Waals surface area contributed by atoms with E-state index >= 15 is 0 Å². The molecule has 5 nitrogen and oxygen atoms in total. The van der Waals surface area contributed by atoms with Gasteiger partial charge in [-0.2, -0.15) is 0 Å². The highest BCUT2D eigenvalue weighted by atomic mass is 35.5. The van der Waals surface area contributed by atoms with Crippen LogP contribution in [0.4, 0.5) is 5.69 Å². The van der Waals surface area contributed by atoms with Crippen LogP contribution in [0.15, 0.2) is 57.9 Å². The minimum Gasteiger partial charge on any atom is -0.497 e. The van der Waals surface area contributed by atoms with Gasteiger partial charge in [0, 0.05) is 12.1 Å². The number of anilines is 1. The molecule has 1 aliphatic rings. The number of carbonyl (C=O) groups excluding carboxylic acids is 1. The molecule has 9 heteroatoms. The van der Waals surface area contributed by atoms with Crippen molar-refractivity contribution in [2.24, 2.45) is 0 Å². The van der Waals surface area contributed by atoms with Gasteiger partial charge in [-0.15, -0.1) is 0 Å². The van der Waals surface area contributed by atoms with E-state index in [1.807, 2.05) is 0 Å². The van der Waals surface area contributed by atoms with Gasteiger partial charge < -0.3 is 13.9 Å². The van der Waals surface area contributed by atoms with Crippen molar-refractivity contribution in [2.75, 3.05) is 19.1 Å². The maximum Gasteiger partial charge on any atom is 0.271 e. The first-order valence-corrected chi connectivity index (χ1v) is 10.9. The van der Waals surface area contributed by atoms with Gasteiger partial charge in [0.25, 0.3) is 5.91 Å². The Morgan fingerprint density at radius 2 is 1.81 bits per heavy atom. The molecule has 2 heterocycles. The highest BCUT2D eigenvalue weighted by molar-refractivity contribution is 8.27. The van der Waals surface area contributed by atoms with Crippen molar-refractivity contribution in [1.29, 1.82) is 0 Å². The van der Waals surface area contributed by atoms with Crippen molar-refractivity contribution >= 4 is 69.2 Å². The Morgan fingerprint density at radius 3 is 2.48 bits per heavy atom. The molecule has 31 heavy (non-hydrogen) atoms. The topological polar surface area (TPSA) is 51.9 Å². The van der Waals surface area contributed by atoms with Crippen LogP contribution in [0.25, 0.3) is 17.4 Å². The predicted octanol–water partition coefficient (Wildman–Crippen LogP) is 6.68. The van der Waals surface area contributed by atoms with Crippen LogP contribution in [0, 0.1) is 0 Å². The van der Waals surface area contributed by atoms with Crippen LogP contribution in [0.5, 0.6) is 11.5 Å². The summed E-state index contributed by atoms with van der Waals surface area (Å²) in [7, 11) is 3.08. The zero-order chi connectivity index (χ0) is 22.1. The quantitative estimate of drug-likeness (QED) is 0.293. The van der Waals surface area contributed by atoms with Crippen molar-refractivity contribution in [1.82, 2.24) is 0 Å². The Balaban J connectivity index is 1.65. The predicted molar refractivity (Wildman–Crippen MR) is 129 cm³/mol.